The molecule has 2 aliphatic rings. The molecule has 21 heavy (non-hydrogen) atoms. The lowest BCUT2D eigenvalue weighted by molar-refractivity contribution is -0.151. The highest BCUT2D eigenvalue weighted by Crippen LogP contribution is 2.39. The molecule has 0 radical (unpaired) electrons. The van der Waals surface area contributed by atoms with E-state index in [4.69, 9.17) is 4.74 Å². The molecule has 114 valence electrons. The minimum absolute atomic E-state index is 0.0860. The fraction of sp³-hybridized carbons (Fsp3) is 0.588. The lowest BCUT2D eigenvalue weighted by Gasteiger charge is -2.42. The summed E-state index contributed by atoms with van der Waals surface area (Å²) < 4.78 is 5.41. The number of hydrogen-bond donors (Lipinski definition) is 1. The Kier molecular flexibility index (Phi) is 3.89. The van der Waals surface area contributed by atoms with Crippen LogP contribution in [0.15, 0.2) is 24.3 Å². The van der Waals surface area contributed by atoms with E-state index in [0.717, 1.165) is 38.2 Å². The first kappa shape index (κ1) is 14.4. The Bertz CT molecular complexity index is 514. The van der Waals surface area contributed by atoms with Gasteiger partial charge in [-0.1, -0.05) is 17.7 Å². The largest absolute Gasteiger partial charge is 0.464 e. The molecular weight excluding hydrogens is 264 g/mol. The number of carbonyl (C=O) groups excluding carboxylic acids is 1. The van der Waals surface area contributed by atoms with E-state index in [-0.39, 0.29) is 5.97 Å². The molecular formula is C17H24N2O2. The highest BCUT2D eigenvalue weighted by atomic mass is 16.5. The van der Waals surface area contributed by atoms with Crippen LogP contribution in [-0.2, 0) is 9.53 Å². The number of nitrogens with zero attached hydrogens (tertiary/aromatic N) is 1. The monoisotopic (exact) mass is 288 g/mol. The van der Waals surface area contributed by atoms with Crippen LogP contribution in [0.25, 0.3) is 0 Å². The Balaban J connectivity index is 1.88. The van der Waals surface area contributed by atoms with Gasteiger partial charge in [0.25, 0.3) is 0 Å². The summed E-state index contributed by atoms with van der Waals surface area (Å²) in [5.41, 5.74) is 1.67. The van der Waals surface area contributed by atoms with Gasteiger partial charge in [-0.2, -0.15) is 0 Å². The summed E-state index contributed by atoms with van der Waals surface area (Å²) in [4.78, 5) is 15.1. The summed E-state index contributed by atoms with van der Waals surface area (Å²) in [6.07, 6.45) is 1.89. The van der Waals surface area contributed by atoms with Crippen LogP contribution in [0.3, 0.4) is 0 Å². The number of esters is 1. The van der Waals surface area contributed by atoms with Crippen LogP contribution in [0.5, 0.6) is 0 Å². The summed E-state index contributed by atoms with van der Waals surface area (Å²) in [6.45, 7) is 7.45. The molecule has 2 fully saturated rings. The fourth-order valence-corrected chi connectivity index (χ4v) is 3.62. The molecule has 4 nitrogen and oxygen atoms in total. The molecule has 0 aliphatic carbocycles. The van der Waals surface area contributed by atoms with Gasteiger partial charge in [-0.15, -0.1) is 0 Å². The third-order valence-corrected chi connectivity index (χ3v) is 4.85. The van der Waals surface area contributed by atoms with Crippen LogP contribution in [0.2, 0.25) is 0 Å². The van der Waals surface area contributed by atoms with E-state index in [2.05, 4.69) is 41.4 Å². The Morgan fingerprint density at radius 1 is 1.38 bits per heavy atom. The Morgan fingerprint density at radius 3 is 2.86 bits per heavy atom. The van der Waals surface area contributed by atoms with Crippen molar-refractivity contribution >= 4 is 11.7 Å². The first-order valence-corrected chi connectivity index (χ1v) is 7.88. The average Bonchev–Trinajstić information content (AvgIpc) is 2.89. The Morgan fingerprint density at radius 2 is 2.14 bits per heavy atom. The van der Waals surface area contributed by atoms with Crippen molar-refractivity contribution in [2.45, 2.75) is 32.2 Å². The van der Waals surface area contributed by atoms with Crippen LogP contribution >= 0.6 is 0 Å². The third kappa shape index (κ3) is 2.64. The zero-order valence-electron chi connectivity index (χ0n) is 12.9. The summed E-state index contributed by atoms with van der Waals surface area (Å²) in [5.74, 6) is 0.253. The zero-order valence-corrected chi connectivity index (χ0v) is 12.9. The van der Waals surface area contributed by atoms with E-state index >= 15 is 0 Å². The highest BCUT2D eigenvalue weighted by Gasteiger charge is 2.52. The first-order valence-electron chi connectivity index (χ1n) is 7.88. The summed E-state index contributed by atoms with van der Waals surface area (Å²) >= 11 is 0. The topological polar surface area (TPSA) is 41.6 Å². The lowest BCUT2D eigenvalue weighted by atomic mass is 9.78. The van der Waals surface area contributed by atoms with E-state index in [1.54, 1.807) is 0 Å². The van der Waals surface area contributed by atoms with E-state index < -0.39 is 5.54 Å². The Hall–Kier alpha value is -1.55. The van der Waals surface area contributed by atoms with Gasteiger partial charge >= 0.3 is 5.97 Å². The number of aryl methyl sites for hydroxylation is 1. The second-order valence-corrected chi connectivity index (χ2v) is 6.22. The minimum Gasteiger partial charge on any atom is -0.464 e. The third-order valence-electron chi connectivity index (χ3n) is 4.85. The van der Waals surface area contributed by atoms with Gasteiger partial charge in [0.15, 0.2) is 0 Å². The maximum atomic E-state index is 12.7. The highest BCUT2D eigenvalue weighted by molar-refractivity contribution is 5.85. The van der Waals surface area contributed by atoms with Crippen LogP contribution < -0.4 is 5.32 Å². The van der Waals surface area contributed by atoms with Gasteiger partial charge in [-0.25, -0.2) is 4.79 Å². The number of anilines is 1. The molecule has 2 bridgehead atoms. The van der Waals surface area contributed by atoms with Gasteiger partial charge in [0.05, 0.1) is 6.61 Å². The molecule has 3 rings (SSSR count). The number of ether oxygens (including phenoxy) is 1. The predicted molar refractivity (Wildman–Crippen MR) is 83.3 cm³/mol. The van der Waals surface area contributed by atoms with Crippen molar-refractivity contribution in [3.05, 3.63) is 29.8 Å². The zero-order chi connectivity index (χ0) is 14.9. The maximum absolute atomic E-state index is 12.7. The Labute approximate surface area is 126 Å². The number of fused-ring (bicyclic) bond motifs is 2. The molecule has 3 unspecified atom stereocenters. The molecule has 2 saturated heterocycles. The van der Waals surface area contributed by atoms with Crippen LogP contribution in [0.4, 0.5) is 5.69 Å². The number of carbonyl (C=O) groups is 1. The summed E-state index contributed by atoms with van der Waals surface area (Å²) in [6, 6.07) is 8.26. The maximum Gasteiger partial charge on any atom is 0.332 e. The van der Waals surface area contributed by atoms with Crippen LogP contribution in [0.1, 0.15) is 25.3 Å². The SMILES string of the molecule is CCOC(=O)C1(Nc2ccc(C)cc2)CCN2CCC1C2. The molecule has 0 aromatic heterocycles. The van der Waals surface area contributed by atoms with Crippen LogP contribution in [0, 0.1) is 12.8 Å². The lowest BCUT2D eigenvalue weighted by Crippen LogP contribution is -2.58. The van der Waals surface area contributed by atoms with Gasteiger partial charge in [0.2, 0.25) is 0 Å². The number of hydrogen-bond acceptors (Lipinski definition) is 4. The van der Waals surface area contributed by atoms with Gasteiger partial charge in [0, 0.05) is 24.7 Å². The quantitative estimate of drug-likeness (QED) is 0.864. The number of piperidine rings is 1. The van der Waals surface area contributed by atoms with Crippen molar-refractivity contribution in [3.8, 4) is 0 Å². The van der Waals surface area contributed by atoms with E-state index in [1.807, 2.05) is 6.92 Å². The van der Waals surface area contributed by atoms with Crippen molar-refractivity contribution in [2.24, 2.45) is 5.92 Å². The second kappa shape index (κ2) is 5.68. The molecule has 2 aliphatic heterocycles. The van der Waals surface area contributed by atoms with Crippen molar-refractivity contribution in [3.63, 3.8) is 0 Å². The molecule has 0 amide bonds. The van der Waals surface area contributed by atoms with Crippen molar-refractivity contribution in [2.75, 3.05) is 31.6 Å². The fourth-order valence-electron chi connectivity index (χ4n) is 3.62. The van der Waals surface area contributed by atoms with Crippen molar-refractivity contribution in [1.29, 1.82) is 0 Å². The summed E-state index contributed by atoms with van der Waals surface area (Å²) in [7, 11) is 0. The molecule has 4 heteroatoms. The van der Waals surface area contributed by atoms with Gasteiger partial charge in [-0.3, -0.25) is 0 Å². The van der Waals surface area contributed by atoms with Crippen LogP contribution in [-0.4, -0.2) is 42.6 Å². The van der Waals surface area contributed by atoms with Crippen molar-refractivity contribution in [1.82, 2.24) is 4.90 Å². The number of nitrogens with one attached hydrogen (secondary N) is 1. The molecule has 1 aromatic carbocycles. The first-order chi connectivity index (χ1) is 10.1. The summed E-state index contributed by atoms with van der Waals surface area (Å²) in [5, 5.41) is 3.53. The molecule has 2 heterocycles. The van der Waals surface area contributed by atoms with Crippen molar-refractivity contribution < 1.29 is 9.53 Å². The molecule has 0 saturated carbocycles. The predicted octanol–water partition coefficient (Wildman–Crippen LogP) is 2.43. The molecule has 1 aromatic rings. The average molecular weight is 288 g/mol. The normalized spacial score (nSPS) is 31.0. The van der Waals surface area contributed by atoms with E-state index in [9.17, 15) is 4.79 Å². The minimum atomic E-state index is -0.557. The van der Waals surface area contributed by atoms with Gasteiger partial charge in [-0.05, 0) is 45.4 Å². The smallest absolute Gasteiger partial charge is 0.332 e. The number of benzene rings is 1. The van der Waals surface area contributed by atoms with Gasteiger partial charge in [0.1, 0.15) is 5.54 Å². The number of rotatable bonds is 4. The second-order valence-electron chi connectivity index (χ2n) is 6.22. The van der Waals surface area contributed by atoms with Gasteiger partial charge < -0.3 is 15.0 Å². The molecule has 0 spiro atoms. The van der Waals surface area contributed by atoms with E-state index in [1.165, 1.54) is 5.56 Å². The molecule has 3 atom stereocenters. The van der Waals surface area contributed by atoms with E-state index in [0.29, 0.717) is 12.5 Å². The molecule has 1 N–H and O–H groups in total. The standard InChI is InChI=1S/C17H24N2O2/c1-3-21-16(20)17(9-11-19-10-8-14(17)12-19)18-15-6-4-13(2)5-7-15/h4-7,14,18H,3,8-12H2,1-2H3.